The van der Waals surface area contributed by atoms with Gasteiger partial charge in [0.15, 0.2) is 0 Å². The molecule has 0 saturated carbocycles. The summed E-state index contributed by atoms with van der Waals surface area (Å²) in [6.07, 6.45) is 3.06. The summed E-state index contributed by atoms with van der Waals surface area (Å²) >= 11 is 0. The van der Waals surface area contributed by atoms with E-state index in [1.807, 2.05) is 47.6 Å². The van der Waals surface area contributed by atoms with Gasteiger partial charge >= 0.3 is 0 Å². The Labute approximate surface area is 208 Å². The summed E-state index contributed by atoms with van der Waals surface area (Å²) in [6, 6.07) is 5.92. The third-order valence-electron chi connectivity index (χ3n) is 6.75. The van der Waals surface area contributed by atoms with Crippen LogP contribution in [-0.4, -0.2) is 72.4 Å². The number of halogens is 2. The van der Waals surface area contributed by atoms with E-state index in [-0.39, 0.29) is 35.6 Å². The number of aromatic nitrogens is 2. The van der Waals surface area contributed by atoms with Gasteiger partial charge in [0, 0.05) is 49.6 Å². The largest absolute Gasteiger partial charge is 0.377 e. The van der Waals surface area contributed by atoms with Crippen molar-refractivity contribution in [2.75, 3.05) is 49.2 Å². The number of rotatable bonds is 5. The second-order valence-electron chi connectivity index (χ2n) is 9.42. The summed E-state index contributed by atoms with van der Waals surface area (Å²) in [7, 11) is 0. The van der Waals surface area contributed by atoms with E-state index in [0.717, 1.165) is 11.8 Å². The predicted octanol–water partition coefficient (Wildman–Crippen LogP) is 3.36. The van der Waals surface area contributed by atoms with Gasteiger partial charge in [0.1, 0.15) is 23.6 Å². The number of ether oxygens (including phenoxy) is 1. The Morgan fingerprint density at radius 2 is 2.08 bits per heavy atom. The van der Waals surface area contributed by atoms with Crippen molar-refractivity contribution < 1.29 is 18.3 Å². The van der Waals surface area contributed by atoms with E-state index in [2.05, 4.69) is 15.3 Å². The minimum Gasteiger partial charge on any atom is -0.377 e. The van der Waals surface area contributed by atoms with Crippen LogP contribution in [0.4, 0.5) is 26.0 Å². The Kier molecular flexibility index (Phi) is 6.72. The maximum Gasteiger partial charge on any atom is 0.242 e. The van der Waals surface area contributed by atoms with Gasteiger partial charge in [-0.15, -0.1) is 0 Å². The first kappa shape index (κ1) is 24.3. The summed E-state index contributed by atoms with van der Waals surface area (Å²) in [6.45, 7) is 8.66. The summed E-state index contributed by atoms with van der Waals surface area (Å²) in [5, 5.41) is 3.65. The molecule has 8 nitrogen and oxygen atoms in total. The number of pyridine rings is 2. The van der Waals surface area contributed by atoms with Crippen molar-refractivity contribution in [3.05, 3.63) is 53.9 Å². The number of benzene rings is 1. The van der Waals surface area contributed by atoms with E-state index in [9.17, 15) is 9.18 Å². The van der Waals surface area contributed by atoms with Crippen molar-refractivity contribution in [2.24, 2.45) is 0 Å². The van der Waals surface area contributed by atoms with E-state index in [0.29, 0.717) is 49.9 Å². The molecule has 2 aliphatic rings. The first-order valence-corrected chi connectivity index (χ1v) is 12.2. The number of morpholine rings is 1. The molecule has 1 atom stereocenters. The third kappa shape index (κ3) is 4.46. The Morgan fingerprint density at radius 1 is 1.25 bits per heavy atom. The van der Waals surface area contributed by atoms with Gasteiger partial charge in [0.05, 0.1) is 48.2 Å². The minimum atomic E-state index is -0.707. The molecular weight excluding hydrogens is 466 g/mol. The Bertz CT molecular complexity index is 1270. The zero-order valence-electron chi connectivity index (χ0n) is 20.7. The highest BCUT2D eigenvalue weighted by Crippen LogP contribution is 2.41. The Balaban J connectivity index is 1.71. The normalized spacial score (nSPS) is 18.8. The number of fused-ring (bicyclic) bond motifs is 1. The molecule has 0 spiro atoms. The van der Waals surface area contributed by atoms with Crippen LogP contribution >= 0.6 is 0 Å². The molecule has 36 heavy (non-hydrogen) atoms. The lowest BCUT2D eigenvalue weighted by molar-refractivity contribution is -0.132. The van der Waals surface area contributed by atoms with E-state index in [1.54, 1.807) is 12.4 Å². The highest BCUT2D eigenvalue weighted by atomic mass is 19.1. The van der Waals surface area contributed by atoms with Crippen LogP contribution in [-0.2, 0) is 9.53 Å². The molecule has 10 heteroatoms. The molecule has 2 aliphatic heterocycles. The molecule has 1 N–H and O–H groups in total. The van der Waals surface area contributed by atoms with Crippen molar-refractivity contribution >= 4 is 34.0 Å². The Hall–Kier alpha value is -3.37. The van der Waals surface area contributed by atoms with Crippen LogP contribution in [0.3, 0.4) is 0 Å². The Morgan fingerprint density at radius 3 is 2.75 bits per heavy atom. The van der Waals surface area contributed by atoms with E-state index in [1.165, 1.54) is 6.07 Å². The van der Waals surface area contributed by atoms with Crippen molar-refractivity contribution in [1.29, 1.82) is 0 Å². The third-order valence-corrected chi connectivity index (χ3v) is 6.75. The quantitative estimate of drug-likeness (QED) is 0.581. The van der Waals surface area contributed by atoms with Gasteiger partial charge in [-0.3, -0.25) is 15.1 Å². The van der Waals surface area contributed by atoms with Crippen LogP contribution in [0.25, 0.3) is 10.9 Å². The topological polar surface area (TPSA) is 73.8 Å². The summed E-state index contributed by atoms with van der Waals surface area (Å²) in [5.74, 6) is -0.879. The first-order chi connectivity index (χ1) is 17.3. The fourth-order valence-corrected chi connectivity index (χ4v) is 5.07. The standard InChI is InChI=1S/C26H30F2N6O2/c1-16(2)33-9-8-32(14-23(33)35)26-17(3)25(24-20(28)11-18(27)12-21(24)31-26)34(19-5-4-6-29-13-19)22-15-36-10-7-30-22/h4-6,11-13,16,22,30H,7-10,14-15H2,1-3H3. The van der Waals surface area contributed by atoms with Crippen LogP contribution in [0, 0.1) is 18.6 Å². The number of nitrogens with zero attached hydrogens (tertiary/aromatic N) is 5. The molecule has 5 rings (SSSR count). The molecule has 190 valence electrons. The van der Waals surface area contributed by atoms with Crippen LogP contribution in [0.15, 0.2) is 36.7 Å². The van der Waals surface area contributed by atoms with Crippen LogP contribution in [0.5, 0.6) is 0 Å². The lowest BCUT2D eigenvalue weighted by Crippen LogP contribution is -2.53. The van der Waals surface area contributed by atoms with Gasteiger partial charge in [-0.25, -0.2) is 13.8 Å². The average Bonchev–Trinajstić information content (AvgIpc) is 2.86. The smallest absolute Gasteiger partial charge is 0.242 e. The fraction of sp³-hybridized carbons (Fsp3) is 0.423. The number of nitrogens with one attached hydrogen (secondary N) is 1. The van der Waals surface area contributed by atoms with Gasteiger partial charge in [0.2, 0.25) is 5.91 Å². The SMILES string of the molecule is Cc1c(N2CCN(C(C)C)C(=O)C2)nc2cc(F)cc(F)c2c1N(c1cccnc1)C1COCCN1. The molecule has 4 heterocycles. The minimum absolute atomic E-state index is 0.00372. The molecule has 2 fully saturated rings. The second kappa shape index (κ2) is 9.94. The maximum atomic E-state index is 15.5. The second-order valence-corrected chi connectivity index (χ2v) is 9.42. The lowest BCUT2D eigenvalue weighted by atomic mass is 10.0. The number of anilines is 3. The molecule has 2 aromatic heterocycles. The van der Waals surface area contributed by atoms with Crippen molar-refractivity contribution in [3.63, 3.8) is 0 Å². The molecule has 3 aromatic rings. The molecule has 0 bridgehead atoms. The van der Waals surface area contributed by atoms with E-state index in [4.69, 9.17) is 4.74 Å². The van der Waals surface area contributed by atoms with Crippen molar-refractivity contribution in [2.45, 2.75) is 33.0 Å². The molecule has 2 saturated heterocycles. The van der Waals surface area contributed by atoms with Crippen LogP contribution < -0.4 is 15.1 Å². The number of hydrogen-bond acceptors (Lipinski definition) is 7. The van der Waals surface area contributed by atoms with Crippen LogP contribution in [0.1, 0.15) is 19.4 Å². The molecule has 0 radical (unpaired) electrons. The molecular formula is C26H30F2N6O2. The highest BCUT2D eigenvalue weighted by Gasteiger charge is 2.32. The van der Waals surface area contributed by atoms with Gasteiger partial charge in [-0.1, -0.05) is 0 Å². The molecule has 0 aliphatic carbocycles. The molecule has 1 unspecified atom stereocenters. The predicted molar refractivity (Wildman–Crippen MR) is 134 cm³/mol. The van der Waals surface area contributed by atoms with E-state index >= 15 is 4.39 Å². The summed E-state index contributed by atoms with van der Waals surface area (Å²) in [5.41, 5.74) is 2.15. The van der Waals surface area contributed by atoms with Crippen molar-refractivity contribution in [3.8, 4) is 0 Å². The van der Waals surface area contributed by atoms with Gasteiger partial charge in [-0.05, 0) is 32.9 Å². The number of piperazine rings is 1. The summed E-state index contributed by atoms with van der Waals surface area (Å²) in [4.78, 5) is 27.5. The van der Waals surface area contributed by atoms with Gasteiger partial charge in [0.25, 0.3) is 0 Å². The molecule has 1 amide bonds. The maximum absolute atomic E-state index is 15.5. The number of carbonyl (C=O) groups is 1. The van der Waals surface area contributed by atoms with Gasteiger partial charge < -0.3 is 19.4 Å². The zero-order chi connectivity index (χ0) is 25.4. The average molecular weight is 497 g/mol. The van der Waals surface area contributed by atoms with Crippen LogP contribution in [0.2, 0.25) is 0 Å². The summed E-state index contributed by atoms with van der Waals surface area (Å²) < 4.78 is 35.6. The number of carbonyl (C=O) groups excluding carboxylic acids is 1. The number of hydrogen-bond donors (Lipinski definition) is 1. The lowest BCUT2D eigenvalue weighted by Gasteiger charge is -2.40. The van der Waals surface area contributed by atoms with Crippen molar-refractivity contribution in [1.82, 2.24) is 20.2 Å². The monoisotopic (exact) mass is 496 g/mol. The van der Waals surface area contributed by atoms with Gasteiger partial charge in [-0.2, -0.15) is 0 Å². The zero-order valence-corrected chi connectivity index (χ0v) is 20.7. The number of amides is 1. The first-order valence-electron chi connectivity index (χ1n) is 12.2. The molecule has 1 aromatic carbocycles. The highest BCUT2D eigenvalue weighted by molar-refractivity contribution is 5.99. The van der Waals surface area contributed by atoms with E-state index < -0.39 is 11.6 Å². The fourth-order valence-electron chi connectivity index (χ4n) is 5.07.